The summed E-state index contributed by atoms with van der Waals surface area (Å²) in [5, 5.41) is 3.83. The van der Waals surface area contributed by atoms with Gasteiger partial charge in [0.05, 0.1) is 24.0 Å². The molecule has 1 fully saturated rings. The first-order valence-electron chi connectivity index (χ1n) is 9.97. The zero-order valence-corrected chi connectivity index (χ0v) is 16.6. The van der Waals surface area contributed by atoms with Gasteiger partial charge in [-0.05, 0) is 37.5 Å². The number of methoxy groups -OCH3 is 1. The van der Waals surface area contributed by atoms with Crippen molar-refractivity contribution in [1.29, 1.82) is 0 Å². The summed E-state index contributed by atoms with van der Waals surface area (Å²) in [4.78, 5) is 27.3. The first-order chi connectivity index (χ1) is 14.2. The van der Waals surface area contributed by atoms with Gasteiger partial charge < -0.3 is 19.5 Å². The lowest BCUT2D eigenvalue weighted by Crippen LogP contribution is -2.30. The summed E-state index contributed by atoms with van der Waals surface area (Å²) in [5.41, 5.74) is 3.18. The summed E-state index contributed by atoms with van der Waals surface area (Å²) in [6.07, 6.45) is 5.29. The minimum Gasteiger partial charge on any atom is -0.465 e. The average molecular weight is 391 g/mol. The normalized spacial score (nSPS) is 14.0. The van der Waals surface area contributed by atoms with Gasteiger partial charge in [-0.15, -0.1) is 0 Å². The fourth-order valence-corrected chi connectivity index (χ4v) is 3.98. The van der Waals surface area contributed by atoms with Crippen molar-refractivity contribution in [3.8, 4) is 0 Å². The van der Waals surface area contributed by atoms with Crippen LogP contribution in [0.25, 0.3) is 10.9 Å². The summed E-state index contributed by atoms with van der Waals surface area (Å²) in [6, 6.07) is 15.5. The number of aromatic nitrogens is 1. The topological polar surface area (TPSA) is 63.6 Å². The maximum absolute atomic E-state index is 12.8. The van der Waals surface area contributed by atoms with Gasteiger partial charge in [-0.2, -0.15) is 0 Å². The predicted molar refractivity (Wildman–Crippen MR) is 114 cm³/mol. The molecule has 150 valence electrons. The third-order valence-electron chi connectivity index (χ3n) is 5.38. The number of nitrogens with one attached hydrogen (secondary N) is 1. The third kappa shape index (κ3) is 3.97. The first kappa shape index (κ1) is 19.1. The van der Waals surface area contributed by atoms with Crippen LogP contribution >= 0.6 is 0 Å². The van der Waals surface area contributed by atoms with Crippen molar-refractivity contribution in [1.82, 2.24) is 4.57 Å². The smallest absolute Gasteiger partial charge is 0.340 e. The molecule has 0 atom stereocenters. The molecule has 1 amide bonds. The number of carbonyl (C=O) groups is 2. The molecule has 3 aromatic rings. The van der Waals surface area contributed by atoms with E-state index in [2.05, 4.69) is 16.3 Å². The second-order valence-electron chi connectivity index (χ2n) is 7.29. The predicted octanol–water partition coefficient (Wildman–Crippen LogP) is 4.06. The van der Waals surface area contributed by atoms with E-state index in [0.717, 1.165) is 35.4 Å². The Balaban J connectivity index is 1.56. The second kappa shape index (κ2) is 8.39. The summed E-state index contributed by atoms with van der Waals surface area (Å²) in [6.45, 7) is 2.14. The summed E-state index contributed by atoms with van der Waals surface area (Å²) in [5.74, 6) is -0.539. The lowest BCUT2D eigenvalue weighted by molar-refractivity contribution is -0.116. The highest BCUT2D eigenvalue weighted by molar-refractivity contribution is 6.05. The van der Waals surface area contributed by atoms with Crippen LogP contribution in [0.1, 0.15) is 29.6 Å². The van der Waals surface area contributed by atoms with E-state index in [-0.39, 0.29) is 12.5 Å². The van der Waals surface area contributed by atoms with Crippen LogP contribution in [0.4, 0.5) is 11.4 Å². The quantitative estimate of drug-likeness (QED) is 0.667. The van der Waals surface area contributed by atoms with Gasteiger partial charge in [-0.1, -0.05) is 30.3 Å². The van der Waals surface area contributed by atoms with E-state index in [0.29, 0.717) is 5.56 Å². The molecular weight excluding hydrogens is 366 g/mol. The molecular formula is C23H25N3O3. The Bertz CT molecular complexity index is 1030. The van der Waals surface area contributed by atoms with Crippen molar-refractivity contribution in [2.24, 2.45) is 0 Å². The van der Waals surface area contributed by atoms with E-state index in [9.17, 15) is 9.59 Å². The maximum atomic E-state index is 12.8. The van der Waals surface area contributed by atoms with Gasteiger partial charge in [0.15, 0.2) is 0 Å². The van der Waals surface area contributed by atoms with Crippen LogP contribution < -0.4 is 10.2 Å². The number of amides is 1. The fourth-order valence-electron chi connectivity index (χ4n) is 3.98. The molecule has 1 aliphatic heterocycles. The molecule has 4 rings (SSSR count). The highest BCUT2D eigenvalue weighted by atomic mass is 16.5. The molecule has 6 nitrogen and oxygen atoms in total. The SMILES string of the molecule is COC(=O)c1cn(CC(=O)Nc2ccccc2N2CCCCC2)c2ccccc12. The zero-order valence-electron chi connectivity index (χ0n) is 16.6. The van der Waals surface area contributed by atoms with Crippen LogP contribution in [-0.4, -0.2) is 36.6 Å². The number of esters is 1. The largest absolute Gasteiger partial charge is 0.465 e. The molecule has 1 aliphatic rings. The number of ether oxygens (including phenoxy) is 1. The number of hydrogen-bond donors (Lipinski definition) is 1. The Hall–Kier alpha value is -3.28. The van der Waals surface area contributed by atoms with Crippen LogP contribution in [-0.2, 0) is 16.1 Å². The Kier molecular flexibility index (Phi) is 5.51. The third-order valence-corrected chi connectivity index (χ3v) is 5.38. The molecule has 0 unspecified atom stereocenters. The van der Waals surface area contributed by atoms with Crippen molar-refractivity contribution >= 4 is 34.2 Å². The van der Waals surface area contributed by atoms with Crippen molar-refractivity contribution in [3.05, 3.63) is 60.3 Å². The summed E-state index contributed by atoms with van der Waals surface area (Å²) >= 11 is 0. The van der Waals surface area contributed by atoms with Crippen LogP contribution in [0.5, 0.6) is 0 Å². The van der Waals surface area contributed by atoms with Gasteiger partial charge in [0, 0.05) is 30.2 Å². The monoisotopic (exact) mass is 391 g/mol. The minimum absolute atomic E-state index is 0.117. The zero-order chi connectivity index (χ0) is 20.2. The number of carbonyl (C=O) groups excluding carboxylic acids is 2. The first-order valence-corrected chi connectivity index (χ1v) is 9.97. The average Bonchev–Trinajstić information content (AvgIpc) is 3.12. The molecule has 2 aromatic carbocycles. The number of piperidine rings is 1. The van der Waals surface area contributed by atoms with Crippen LogP contribution in [0.2, 0.25) is 0 Å². The minimum atomic E-state index is -0.407. The number of para-hydroxylation sites is 3. The second-order valence-corrected chi connectivity index (χ2v) is 7.29. The van der Waals surface area contributed by atoms with E-state index in [4.69, 9.17) is 4.74 Å². The number of anilines is 2. The highest BCUT2D eigenvalue weighted by Gasteiger charge is 2.18. The van der Waals surface area contributed by atoms with Crippen LogP contribution in [0.15, 0.2) is 54.7 Å². The molecule has 0 aliphatic carbocycles. The molecule has 1 saturated heterocycles. The lowest BCUT2D eigenvalue weighted by Gasteiger charge is -2.30. The Morgan fingerprint density at radius 2 is 1.72 bits per heavy atom. The number of fused-ring (bicyclic) bond motifs is 1. The fraction of sp³-hybridized carbons (Fsp3) is 0.304. The Morgan fingerprint density at radius 1 is 1.00 bits per heavy atom. The maximum Gasteiger partial charge on any atom is 0.340 e. The van der Waals surface area contributed by atoms with E-state index < -0.39 is 5.97 Å². The Morgan fingerprint density at radius 3 is 2.52 bits per heavy atom. The number of rotatable bonds is 5. The molecule has 1 N–H and O–H groups in total. The summed E-state index contributed by atoms with van der Waals surface area (Å²) in [7, 11) is 1.36. The standard InChI is InChI=1S/C23H25N3O3/c1-29-23(28)18-15-26(20-11-5-3-9-17(18)20)16-22(27)24-19-10-4-6-12-21(19)25-13-7-2-8-14-25/h3-6,9-12,15H,2,7-8,13-14,16H2,1H3,(H,24,27). The molecule has 29 heavy (non-hydrogen) atoms. The molecule has 2 heterocycles. The van der Waals surface area contributed by atoms with E-state index in [1.165, 1.54) is 26.4 Å². The molecule has 0 bridgehead atoms. The van der Waals surface area contributed by atoms with Gasteiger partial charge in [0.2, 0.25) is 5.91 Å². The number of nitrogens with zero attached hydrogens (tertiary/aromatic N) is 2. The van der Waals surface area contributed by atoms with Crippen LogP contribution in [0, 0.1) is 0 Å². The van der Waals surface area contributed by atoms with Crippen molar-refractivity contribution in [2.75, 3.05) is 30.4 Å². The molecule has 1 aromatic heterocycles. The Labute approximate surface area is 170 Å². The van der Waals surface area contributed by atoms with Gasteiger partial charge >= 0.3 is 5.97 Å². The molecule has 0 saturated carbocycles. The van der Waals surface area contributed by atoms with Gasteiger partial charge in [0.1, 0.15) is 6.54 Å². The van der Waals surface area contributed by atoms with Crippen molar-refractivity contribution in [2.45, 2.75) is 25.8 Å². The number of hydrogen-bond acceptors (Lipinski definition) is 4. The van der Waals surface area contributed by atoms with Gasteiger partial charge in [-0.3, -0.25) is 4.79 Å². The van der Waals surface area contributed by atoms with E-state index >= 15 is 0 Å². The highest BCUT2D eigenvalue weighted by Crippen LogP contribution is 2.28. The molecule has 0 radical (unpaired) electrons. The van der Waals surface area contributed by atoms with Crippen molar-refractivity contribution < 1.29 is 14.3 Å². The number of benzene rings is 2. The van der Waals surface area contributed by atoms with E-state index in [1.807, 2.05) is 42.5 Å². The lowest BCUT2D eigenvalue weighted by atomic mass is 10.1. The van der Waals surface area contributed by atoms with Gasteiger partial charge in [-0.25, -0.2) is 4.79 Å². The van der Waals surface area contributed by atoms with Gasteiger partial charge in [0.25, 0.3) is 0 Å². The van der Waals surface area contributed by atoms with Crippen molar-refractivity contribution in [3.63, 3.8) is 0 Å². The van der Waals surface area contributed by atoms with Crippen LogP contribution in [0.3, 0.4) is 0 Å². The molecule has 0 spiro atoms. The summed E-state index contributed by atoms with van der Waals surface area (Å²) < 4.78 is 6.67. The van der Waals surface area contributed by atoms with E-state index in [1.54, 1.807) is 10.8 Å². The molecule has 6 heteroatoms.